The number of nitrogens with zero attached hydrogens (tertiary/aromatic N) is 1. The van der Waals surface area contributed by atoms with Gasteiger partial charge in [0.15, 0.2) is 0 Å². The first-order valence-corrected chi connectivity index (χ1v) is 12.8. The second-order valence-electron chi connectivity index (χ2n) is 10.2. The van der Waals surface area contributed by atoms with E-state index >= 15 is 0 Å². The van der Waals surface area contributed by atoms with E-state index in [1.54, 1.807) is 49.6 Å². The number of fused-ring (bicyclic) bond motifs is 2. The lowest BCUT2D eigenvalue weighted by molar-refractivity contribution is -0.150. The van der Waals surface area contributed by atoms with Gasteiger partial charge in [-0.3, -0.25) is 9.59 Å². The van der Waals surface area contributed by atoms with Crippen molar-refractivity contribution in [3.63, 3.8) is 0 Å². The number of methoxy groups -OCH3 is 2. The number of carbonyl (C=O) groups is 2. The maximum Gasteiger partial charge on any atom is 0.250 e. The number of rotatable bonds is 7. The molecule has 1 fully saturated rings. The standard InChI is InChI=1S/C30H34N2O5/c1-20(33)32(19-26-9-6-14-37-26)30(29(34)31-27-11-10-25(35-2)17-28(27)36-3)13-12-23-15-21-7-4-5-8-22(21)16-24(23)18-30/h4-11,14,17,23-24H,12-13,15-16,18-19H2,1-3H3,(H,31,34)/t23-,24-,30-/m0/s1. The van der Waals surface area contributed by atoms with Gasteiger partial charge in [0.1, 0.15) is 22.8 Å². The summed E-state index contributed by atoms with van der Waals surface area (Å²) in [5.41, 5.74) is 2.28. The van der Waals surface area contributed by atoms with Gasteiger partial charge in [-0.15, -0.1) is 0 Å². The number of hydrogen-bond acceptors (Lipinski definition) is 5. The largest absolute Gasteiger partial charge is 0.497 e. The van der Waals surface area contributed by atoms with Crippen molar-refractivity contribution in [3.05, 3.63) is 77.7 Å². The highest BCUT2D eigenvalue weighted by atomic mass is 16.5. The summed E-state index contributed by atoms with van der Waals surface area (Å²) in [6.45, 7) is 1.78. The molecule has 0 saturated heterocycles. The minimum absolute atomic E-state index is 0.150. The first kappa shape index (κ1) is 24.9. The molecule has 0 unspecified atom stereocenters. The molecule has 0 aliphatic heterocycles. The van der Waals surface area contributed by atoms with Crippen LogP contribution in [0.5, 0.6) is 11.5 Å². The monoisotopic (exact) mass is 502 g/mol. The molecule has 0 radical (unpaired) electrons. The van der Waals surface area contributed by atoms with Crippen LogP contribution in [-0.2, 0) is 29.0 Å². The van der Waals surface area contributed by atoms with Crippen LogP contribution in [0.2, 0.25) is 0 Å². The molecule has 5 rings (SSSR count). The lowest BCUT2D eigenvalue weighted by Gasteiger charge is -2.50. The highest BCUT2D eigenvalue weighted by Gasteiger charge is 2.52. The van der Waals surface area contributed by atoms with Crippen LogP contribution in [0, 0.1) is 11.8 Å². The Kier molecular flexibility index (Phi) is 6.96. The number of amides is 2. The Labute approximate surface area is 217 Å². The summed E-state index contributed by atoms with van der Waals surface area (Å²) in [6, 6.07) is 17.5. The summed E-state index contributed by atoms with van der Waals surface area (Å²) >= 11 is 0. The van der Waals surface area contributed by atoms with Gasteiger partial charge in [-0.2, -0.15) is 0 Å². The van der Waals surface area contributed by atoms with Gasteiger partial charge in [0.05, 0.1) is 32.7 Å². The van der Waals surface area contributed by atoms with Gasteiger partial charge < -0.3 is 24.1 Å². The SMILES string of the molecule is COc1ccc(NC(=O)[C@]2(N(Cc3ccco3)C(C)=O)CC[C@H]3Cc4ccccc4C[C@H]3C2)c(OC)c1. The maximum atomic E-state index is 14.3. The Hall–Kier alpha value is -3.74. The van der Waals surface area contributed by atoms with Crippen molar-refractivity contribution in [1.82, 2.24) is 4.90 Å². The van der Waals surface area contributed by atoms with Crippen LogP contribution in [0.1, 0.15) is 43.1 Å². The van der Waals surface area contributed by atoms with E-state index in [2.05, 4.69) is 29.6 Å². The summed E-state index contributed by atoms with van der Waals surface area (Å²) in [5, 5.41) is 3.11. The highest BCUT2D eigenvalue weighted by molar-refractivity contribution is 6.01. The van der Waals surface area contributed by atoms with Crippen LogP contribution < -0.4 is 14.8 Å². The Morgan fingerprint density at radius 2 is 1.78 bits per heavy atom. The molecule has 2 aliphatic rings. The fourth-order valence-corrected chi connectivity index (χ4v) is 6.23. The van der Waals surface area contributed by atoms with Gasteiger partial charge in [-0.1, -0.05) is 24.3 Å². The van der Waals surface area contributed by atoms with Crippen LogP contribution in [0.25, 0.3) is 0 Å². The van der Waals surface area contributed by atoms with Crippen molar-refractivity contribution < 1.29 is 23.5 Å². The third-order valence-electron chi connectivity index (χ3n) is 8.15. The lowest BCUT2D eigenvalue weighted by atomic mass is 9.62. The topological polar surface area (TPSA) is 81.0 Å². The predicted octanol–water partition coefficient (Wildman–Crippen LogP) is 5.24. The van der Waals surface area contributed by atoms with Gasteiger partial charge in [-0.25, -0.2) is 0 Å². The van der Waals surface area contributed by atoms with Crippen LogP contribution >= 0.6 is 0 Å². The molecule has 37 heavy (non-hydrogen) atoms. The summed E-state index contributed by atoms with van der Waals surface area (Å²) in [5.74, 6) is 2.23. The predicted molar refractivity (Wildman–Crippen MR) is 141 cm³/mol. The minimum Gasteiger partial charge on any atom is -0.497 e. The van der Waals surface area contributed by atoms with E-state index in [0.29, 0.717) is 47.6 Å². The molecule has 1 saturated carbocycles. The molecule has 0 spiro atoms. The Morgan fingerprint density at radius 3 is 2.43 bits per heavy atom. The molecule has 7 heteroatoms. The van der Waals surface area contributed by atoms with Crippen molar-refractivity contribution in [1.29, 1.82) is 0 Å². The molecule has 0 bridgehead atoms. The molecule has 3 aromatic rings. The lowest BCUT2D eigenvalue weighted by Crippen LogP contribution is -2.61. The zero-order chi connectivity index (χ0) is 26.0. The molecule has 3 atom stereocenters. The van der Waals surface area contributed by atoms with Crippen LogP contribution in [0.4, 0.5) is 5.69 Å². The average Bonchev–Trinajstić information content (AvgIpc) is 3.43. The highest BCUT2D eigenvalue weighted by Crippen LogP contribution is 2.47. The summed E-state index contributed by atoms with van der Waals surface area (Å²) in [4.78, 5) is 29.2. The number of hydrogen-bond donors (Lipinski definition) is 1. The Morgan fingerprint density at radius 1 is 1.03 bits per heavy atom. The molecule has 1 aromatic heterocycles. The third kappa shape index (κ3) is 4.82. The molecule has 2 aliphatic carbocycles. The van der Waals surface area contributed by atoms with E-state index in [-0.39, 0.29) is 18.4 Å². The average molecular weight is 503 g/mol. The van der Waals surface area contributed by atoms with Gasteiger partial charge in [0.2, 0.25) is 11.8 Å². The van der Waals surface area contributed by atoms with Gasteiger partial charge in [0, 0.05) is 13.0 Å². The van der Waals surface area contributed by atoms with E-state index in [9.17, 15) is 9.59 Å². The van der Waals surface area contributed by atoms with Crippen LogP contribution in [0.15, 0.2) is 65.3 Å². The zero-order valence-electron chi connectivity index (χ0n) is 21.7. The normalized spacial score (nSPS) is 22.4. The van der Waals surface area contributed by atoms with Crippen molar-refractivity contribution in [2.75, 3.05) is 19.5 Å². The molecular weight excluding hydrogens is 468 g/mol. The Balaban J connectivity index is 1.51. The van der Waals surface area contributed by atoms with Crippen molar-refractivity contribution in [3.8, 4) is 11.5 Å². The minimum atomic E-state index is -1.02. The number of carbonyl (C=O) groups excluding carboxylic acids is 2. The van der Waals surface area contributed by atoms with Crippen LogP contribution in [-0.4, -0.2) is 36.5 Å². The first-order valence-electron chi connectivity index (χ1n) is 12.8. The second kappa shape index (κ2) is 10.3. The molecule has 1 N–H and O–H groups in total. The van der Waals surface area contributed by atoms with Crippen molar-refractivity contribution >= 4 is 17.5 Å². The summed E-state index contributed by atoms with van der Waals surface area (Å²) < 4.78 is 16.5. The Bertz CT molecular complexity index is 1270. The maximum absolute atomic E-state index is 14.3. The van der Waals surface area contributed by atoms with Crippen molar-refractivity contribution in [2.45, 2.75) is 51.1 Å². The number of nitrogens with one attached hydrogen (secondary N) is 1. The van der Waals surface area contributed by atoms with E-state index in [4.69, 9.17) is 13.9 Å². The zero-order valence-corrected chi connectivity index (χ0v) is 21.7. The summed E-state index contributed by atoms with van der Waals surface area (Å²) in [7, 11) is 3.14. The quantitative estimate of drug-likeness (QED) is 0.478. The number of benzene rings is 2. The number of anilines is 1. The molecule has 1 heterocycles. The van der Waals surface area contributed by atoms with Crippen molar-refractivity contribution in [2.24, 2.45) is 11.8 Å². The number of furan rings is 1. The smallest absolute Gasteiger partial charge is 0.250 e. The van der Waals surface area contributed by atoms with E-state index in [1.165, 1.54) is 18.1 Å². The molecule has 2 aromatic carbocycles. The molecule has 7 nitrogen and oxygen atoms in total. The third-order valence-corrected chi connectivity index (χ3v) is 8.15. The van der Waals surface area contributed by atoms with Crippen LogP contribution in [0.3, 0.4) is 0 Å². The first-order chi connectivity index (χ1) is 17.9. The van der Waals surface area contributed by atoms with Gasteiger partial charge in [-0.05, 0) is 79.3 Å². The van der Waals surface area contributed by atoms with E-state index < -0.39 is 5.54 Å². The number of ether oxygens (including phenoxy) is 2. The summed E-state index contributed by atoms with van der Waals surface area (Å²) in [6.07, 6.45) is 5.57. The van der Waals surface area contributed by atoms with E-state index in [0.717, 1.165) is 19.3 Å². The fraction of sp³-hybridized carbons (Fsp3) is 0.400. The van der Waals surface area contributed by atoms with Gasteiger partial charge in [0.25, 0.3) is 0 Å². The van der Waals surface area contributed by atoms with Gasteiger partial charge >= 0.3 is 0 Å². The molecule has 2 amide bonds. The molecular formula is C30H34N2O5. The van der Waals surface area contributed by atoms with E-state index in [1.807, 2.05) is 6.07 Å². The second-order valence-corrected chi connectivity index (χ2v) is 10.2. The fourth-order valence-electron chi connectivity index (χ4n) is 6.23. The molecule has 194 valence electrons.